The van der Waals surface area contributed by atoms with E-state index in [9.17, 15) is 20.1 Å². The second-order valence-corrected chi connectivity index (χ2v) is 5.38. The summed E-state index contributed by atoms with van der Waals surface area (Å²) >= 11 is 0. The number of aromatic hydroxyl groups is 1. The van der Waals surface area contributed by atoms with Crippen LogP contribution in [-0.4, -0.2) is 49.9 Å². The third-order valence-electron chi connectivity index (χ3n) is 3.95. The van der Waals surface area contributed by atoms with Crippen molar-refractivity contribution in [2.75, 3.05) is 6.61 Å². The lowest BCUT2D eigenvalue weighted by Crippen LogP contribution is -2.35. The minimum absolute atomic E-state index is 0.0749. The van der Waals surface area contributed by atoms with Gasteiger partial charge in [0.25, 0.3) is 5.56 Å². The zero-order valence-electron chi connectivity index (χ0n) is 12.1. The van der Waals surface area contributed by atoms with Gasteiger partial charge in [0.1, 0.15) is 24.1 Å². The quantitative estimate of drug-likeness (QED) is 0.625. The molecule has 0 amide bonds. The molecular formula is C16H17NO6. The Hall–Kier alpha value is -2.19. The fraction of sp³-hybridized carbons (Fsp3) is 0.312. The van der Waals surface area contributed by atoms with Crippen molar-refractivity contribution in [3.05, 3.63) is 52.9 Å². The maximum Gasteiger partial charge on any atom is 0.264 e. The summed E-state index contributed by atoms with van der Waals surface area (Å²) in [7, 11) is 0. The fourth-order valence-corrected chi connectivity index (χ4v) is 2.73. The number of hydrogen-bond donors (Lipinski definition) is 4. The first-order valence-electron chi connectivity index (χ1n) is 7.16. The molecule has 1 aliphatic rings. The highest BCUT2D eigenvalue weighted by atomic mass is 16.6. The van der Waals surface area contributed by atoms with Crippen molar-refractivity contribution in [2.24, 2.45) is 0 Å². The molecule has 2 heterocycles. The second-order valence-electron chi connectivity index (χ2n) is 5.38. The number of ether oxygens (including phenoxy) is 1. The lowest BCUT2D eigenvalue weighted by molar-refractivity contribution is -0.0543. The van der Waals surface area contributed by atoms with E-state index in [0.29, 0.717) is 5.56 Å². The van der Waals surface area contributed by atoms with E-state index in [-0.39, 0.29) is 11.3 Å². The molecule has 2 unspecified atom stereocenters. The number of nitrogens with zero attached hydrogens (tertiary/aromatic N) is 1. The summed E-state index contributed by atoms with van der Waals surface area (Å²) in [5.74, 6) is -0.191. The SMILES string of the molecule is O=c1c(-c2ccccc2)c(O)ccn1[C@@H]1O[C@H](CO)C(O)C1O. The molecule has 7 nitrogen and oxygen atoms in total. The van der Waals surface area contributed by atoms with Gasteiger partial charge in [-0.25, -0.2) is 0 Å². The molecule has 1 aromatic carbocycles. The molecule has 4 atom stereocenters. The zero-order chi connectivity index (χ0) is 16.6. The van der Waals surface area contributed by atoms with Gasteiger partial charge in [0.15, 0.2) is 6.23 Å². The molecule has 2 aromatic rings. The van der Waals surface area contributed by atoms with Gasteiger partial charge < -0.3 is 25.2 Å². The van der Waals surface area contributed by atoms with E-state index in [1.807, 2.05) is 0 Å². The van der Waals surface area contributed by atoms with E-state index in [0.717, 1.165) is 4.57 Å². The summed E-state index contributed by atoms with van der Waals surface area (Å²) in [5, 5.41) is 39.0. The molecule has 0 saturated carbocycles. The van der Waals surface area contributed by atoms with E-state index in [4.69, 9.17) is 9.84 Å². The fourth-order valence-electron chi connectivity index (χ4n) is 2.73. The Labute approximate surface area is 131 Å². The van der Waals surface area contributed by atoms with E-state index >= 15 is 0 Å². The minimum Gasteiger partial charge on any atom is -0.507 e. The van der Waals surface area contributed by atoms with Crippen molar-refractivity contribution in [1.29, 1.82) is 0 Å². The average molecular weight is 319 g/mol. The first-order chi connectivity index (χ1) is 11.0. The summed E-state index contributed by atoms with van der Waals surface area (Å²) in [5.41, 5.74) is 0.0352. The standard InChI is InChI=1S/C16H17NO6/c18-8-11-13(20)14(21)16(23-11)17-7-6-10(19)12(15(17)22)9-4-2-1-3-5-9/h1-7,11,13-14,16,18-21H,8H2/t11-,13?,14?,16-/m1/s1. The minimum atomic E-state index is -1.36. The van der Waals surface area contributed by atoms with Crippen molar-refractivity contribution in [3.63, 3.8) is 0 Å². The van der Waals surface area contributed by atoms with Crippen molar-refractivity contribution >= 4 is 0 Å². The monoisotopic (exact) mass is 319 g/mol. The smallest absolute Gasteiger partial charge is 0.264 e. The van der Waals surface area contributed by atoms with Gasteiger partial charge in [-0.3, -0.25) is 9.36 Å². The van der Waals surface area contributed by atoms with Crippen LogP contribution in [-0.2, 0) is 4.74 Å². The number of pyridine rings is 1. The predicted octanol–water partition coefficient (Wildman–Crippen LogP) is -0.168. The molecule has 0 bridgehead atoms. The summed E-state index contributed by atoms with van der Waals surface area (Å²) < 4.78 is 6.47. The summed E-state index contributed by atoms with van der Waals surface area (Å²) in [6.07, 6.45) is -3.50. The van der Waals surface area contributed by atoms with Crippen LogP contribution in [0.2, 0.25) is 0 Å². The molecule has 1 fully saturated rings. The number of aliphatic hydroxyl groups excluding tert-OH is 3. The number of aromatic nitrogens is 1. The molecule has 1 saturated heterocycles. The third kappa shape index (κ3) is 2.64. The molecule has 0 radical (unpaired) electrons. The molecule has 122 valence electrons. The third-order valence-corrected chi connectivity index (χ3v) is 3.95. The summed E-state index contributed by atoms with van der Waals surface area (Å²) in [6.45, 7) is -0.479. The maximum absolute atomic E-state index is 12.7. The molecule has 3 rings (SSSR count). The van der Waals surface area contributed by atoms with Gasteiger partial charge in [0, 0.05) is 6.20 Å². The van der Waals surface area contributed by atoms with Gasteiger partial charge in [0.05, 0.1) is 12.2 Å². The number of hydrogen-bond acceptors (Lipinski definition) is 6. The Bertz CT molecular complexity index is 744. The van der Waals surface area contributed by atoms with Crippen LogP contribution >= 0.6 is 0 Å². The van der Waals surface area contributed by atoms with Gasteiger partial charge in [0.2, 0.25) is 0 Å². The molecule has 0 aliphatic carbocycles. The van der Waals surface area contributed by atoms with Gasteiger partial charge >= 0.3 is 0 Å². The number of aliphatic hydroxyl groups is 3. The Balaban J connectivity index is 2.08. The summed E-state index contributed by atoms with van der Waals surface area (Å²) in [4.78, 5) is 12.7. The van der Waals surface area contributed by atoms with Crippen LogP contribution in [0.5, 0.6) is 5.75 Å². The van der Waals surface area contributed by atoms with E-state index in [1.54, 1.807) is 30.3 Å². The zero-order valence-corrected chi connectivity index (χ0v) is 12.1. The van der Waals surface area contributed by atoms with Crippen molar-refractivity contribution in [3.8, 4) is 16.9 Å². The van der Waals surface area contributed by atoms with Crippen LogP contribution in [0.3, 0.4) is 0 Å². The molecule has 1 aromatic heterocycles. The predicted molar refractivity (Wildman–Crippen MR) is 80.8 cm³/mol. The Kier molecular flexibility index (Phi) is 4.18. The van der Waals surface area contributed by atoms with Crippen LogP contribution in [0.25, 0.3) is 11.1 Å². The van der Waals surface area contributed by atoms with Gasteiger partial charge in [-0.05, 0) is 11.6 Å². The van der Waals surface area contributed by atoms with Gasteiger partial charge in [-0.15, -0.1) is 0 Å². The van der Waals surface area contributed by atoms with E-state index in [1.165, 1.54) is 12.3 Å². The van der Waals surface area contributed by atoms with Crippen LogP contribution < -0.4 is 5.56 Å². The Morgan fingerprint density at radius 1 is 1.09 bits per heavy atom. The normalized spacial score (nSPS) is 27.3. The van der Waals surface area contributed by atoms with Crippen LogP contribution in [0, 0.1) is 0 Å². The average Bonchev–Trinajstić information content (AvgIpc) is 2.84. The van der Waals surface area contributed by atoms with Crippen molar-refractivity contribution < 1.29 is 25.2 Å². The van der Waals surface area contributed by atoms with Gasteiger partial charge in [-0.2, -0.15) is 0 Å². The number of benzene rings is 1. The van der Waals surface area contributed by atoms with Gasteiger partial charge in [-0.1, -0.05) is 30.3 Å². The highest BCUT2D eigenvalue weighted by Crippen LogP contribution is 2.31. The Morgan fingerprint density at radius 2 is 1.78 bits per heavy atom. The highest BCUT2D eigenvalue weighted by molar-refractivity contribution is 5.68. The van der Waals surface area contributed by atoms with Crippen LogP contribution in [0.1, 0.15) is 6.23 Å². The molecule has 7 heteroatoms. The Morgan fingerprint density at radius 3 is 2.39 bits per heavy atom. The van der Waals surface area contributed by atoms with Crippen LogP contribution in [0.4, 0.5) is 0 Å². The first-order valence-corrected chi connectivity index (χ1v) is 7.16. The van der Waals surface area contributed by atoms with E-state index in [2.05, 4.69) is 0 Å². The van der Waals surface area contributed by atoms with Crippen molar-refractivity contribution in [1.82, 2.24) is 4.57 Å². The lowest BCUT2D eigenvalue weighted by atomic mass is 10.1. The highest BCUT2D eigenvalue weighted by Gasteiger charge is 2.43. The molecular weight excluding hydrogens is 302 g/mol. The molecule has 0 spiro atoms. The van der Waals surface area contributed by atoms with Crippen LogP contribution in [0.15, 0.2) is 47.4 Å². The summed E-state index contributed by atoms with van der Waals surface area (Å²) in [6, 6.07) is 9.93. The van der Waals surface area contributed by atoms with Crippen molar-refractivity contribution in [2.45, 2.75) is 24.5 Å². The topological polar surface area (TPSA) is 112 Å². The second kappa shape index (κ2) is 6.13. The van der Waals surface area contributed by atoms with E-state index < -0.39 is 36.7 Å². The molecule has 4 N–H and O–H groups in total. The number of rotatable bonds is 3. The first kappa shape index (κ1) is 15.7. The molecule has 23 heavy (non-hydrogen) atoms. The lowest BCUT2D eigenvalue weighted by Gasteiger charge is -2.19. The largest absolute Gasteiger partial charge is 0.507 e. The molecule has 1 aliphatic heterocycles. The maximum atomic E-state index is 12.7.